The molecule has 0 bridgehead atoms. The number of aliphatic hydroxyl groups is 1. The van der Waals surface area contributed by atoms with Gasteiger partial charge in [-0.15, -0.1) is 0 Å². The summed E-state index contributed by atoms with van der Waals surface area (Å²) in [7, 11) is 0. The lowest BCUT2D eigenvalue weighted by Gasteiger charge is -2.45. The van der Waals surface area contributed by atoms with Crippen molar-refractivity contribution in [1.82, 2.24) is 0 Å². The van der Waals surface area contributed by atoms with Crippen LogP contribution in [0, 0.1) is 22.7 Å². The zero-order chi connectivity index (χ0) is 12.9. The summed E-state index contributed by atoms with van der Waals surface area (Å²) in [6, 6.07) is 2.49. The minimum absolute atomic E-state index is 0.182. The molecule has 0 aromatic carbocycles. The highest BCUT2D eigenvalue weighted by Crippen LogP contribution is 2.46. The third-order valence-corrected chi connectivity index (χ3v) is 4.96. The van der Waals surface area contributed by atoms with E-state index in [0.29, 0.717) is 0 Å². The molecule has 1 rings (SSSR count). The lowest BCUT2D eigenvalue weighted by atomic mass is 9.62. The summed E-state index contributed by atoms with van der Waals surface area (Å²) in [5.74, 6) is 0.182. The van der Waals surface area contributed by atoms with E-state index in [1.54, 1.807) is 0 Å². The maximum atomic E-state index is 10.9. The molecule has 0 heterocycles. The molecule has 0 aliphatic heterocycles. The Morgan fingerprint density at radius 2 is 1.71 bits per heavy atom. The molecule has 2 unspecified atom stereocenters. The van der Waals surface area contributed by atoms with E-state index in [1.165, 1.54) is 19.3 Å². The first-order valence-electron chi connectivity index (χ1n) is 7.14. The summed E-state index contributed by atoms with van der Waals surface area (Å²) < 4.78 is 0. The van der Waals surface area contributed by atoms with Crippen LogP contribution >= 0.6 is 0 Å². The Morgan fingerprint density at radius 3 is 2.12 bits per heavy atom. The summed E-state index contributed by atoms with van der Waals surface area (Å²) in [5.41, 5.74) is -1.38. The van der Waals surface area contributed by atoms with Crippen molar-refractivity contribution >= 4 is 0 Å². The van der Waals surface area contributed by atoms with Crippen molar-refractivity contribution in [2.75, 3.05) is 0 Å². The average molecular weight is 237 g/mol. The van der Waals surface area contributed by atoms with Crippen LogP contribution in [-0.4, -0.2) is 10.7 Å². The fraction of sp³-hybridized carbons (Fsp3) is 0.933. The number of hydrogen-bond donors (Lipinski definition) is 1. The molecule has 0 aromatic rings. The third-order valence-electron chi connectivity index (χ3n) is 4.96. The van der Waals surface area contributed by atoms with Gasteiger partial charge in [0.25, 0.3) is 0 Å². The maximum Gasteiger partial charge on any atom is 0.0860 e. The van der Waals surface area contributed by atoms with E-state index in [-0.39, 0.29) is 5.92 Å². The molecule has 1 fully saturated rings. The lowest BCUT2D eigenvalue weighted by molar-refractivity contribution is -0.0931. The van der Waals surface area contributed by atoms with E-state index in [0.717, 1.165) is 32.1 Å². The van der Waals surface area contributed by atoms with Crippen molar-refractivity contribution in [3.05, 3.63) is 0 Å². The number of hydrogen-bond acceptors (Lipinski definition) is 2. The molecule has 0 radical (unpaired) electrons. The first kappa shape index (κ1) is 14.5. The molecule has 0 spiro atoms. The molecule has 2 nitrogen and oxygen atoms in total. The predicted molar refractivity (Wildman–Crippen MR) is 70.4 cm³/mol. The molecule has 1 N–H and O–H groups in total. The van der Waals surface area contributed by atoms with Gasteiger partial charge >= 0.3 is 0 Å². The fourth-order valence-corrected chi connectivity index (χ4v) is 3.11. The molecule has 0 amide bonds. The van der Waals surface area contributed by atoms with Gasteiger partial charge in [-0.05, 0) is 25.7 Å². The van der Waals surface area contributed by atoms with Gasteiger partial charge in [0.1, 0.15) is 0 Å². The van der Waals surface area contributed by atoms with E-state index in [1.807, 2.05) is 6.92 Å². The first-order chi connectivity index (χ1) is 8.00. The van der Waals surface area contributed by atoms with Gasteiger partial charge in [0.2, 0.25) is 0 Å². The van der Waals surface area contributed by atoms with E-state index >= 15 is 0 Å². The number of nitriles is 1. The maximum absolute atomic E-state index is 10.9. The Bertz CT molecular complexity index is 269. The molecule has 98 valence electrons. The largest absolute Gasteiger partial charge is 0.388 e. The summed E-state index contributed by atoms with van der Waals surface area (Å²) in [6.07, 6.45) is 8.52. The van der Waals surface area contributed by atoms with Crippen LogP contribution in [0.1, 0.15) is 72.1 Å². The molecule has 17 heavy (non-hydrogen) atoms. The van der Waals surface area contributed by atoms with Gasteiger partial charge in [0.15, 0.2) is 0 Å². The molecule has 0 aromatic heterocycles. The van der Waals surface area contributed by atoms with E-state index in [4.69, 9.17) is 0 Å². The second kappa shape index (κ2) is 5.87. The Balaban J connectivity index is 2.95. The van der Waals surface area contributed by atoms with Crippen LogP contribution in [0.2, 0.25) is 0 Å². The van der Waals surface area contributed by atoms with Crippen molar-refractivity contribution in [1.29, 1.82) is 5.26 Å². The van der Waals surface area contributed by atoms with E-state index in [2.05, 4.69) is 19.9 Å². The van der Waals surface area contributed by atoms with Gasteiger partial charge in [0, 0.05) is 0 Å². The summed E-state index contributed by atoms with van der Waals surface area (Å²) in [5, 5.41) is 20.5. The molecule has 1 aliphatic carbocycles. The average Bonchev–Trinajstić information content (AvgIpc) is 2.28. The monoisotopic (exact) mass is 237 g/mol. The minimum atomic E-state index is -0.853. The standard InChI is InChI=1S/C15H27NO/c1-4-13(2)14(3,17)15(12-16)10-8-6-5-7-9-11-15/h13,17H,4-11H2,1-3H3. The van der Waals surface area contributed by atoms with Gasteiger partial charge < -0.3 is 5.11 Å². The van der Waals surface area contributed by atoms with Crippen LogP contribution in [0.15, 0.2) is 0 Å². The topological polar surface area (TPSA) is 44.0 Å². The highest BCUT2D eigenvalue weighted by Gasteiger charge is 2.49. The molecule has 1 aliphatic rings. The molecule has 0 saturated heterocycles. The van der Waals surface area contributed by atoms with Crippen LogP contribution in [0.4, 0.5) is 0 Å². The van der Waals surface area contributed by atoms with Crippen LogP contribution in [0.25, 0.3) is 0 Å². The lowest BCUT2D eigenvalue weighted by Crippen LogP contribution is -2.50. The highest BCUT2D eigenvalue weighted by molar-refractivity contribution is 5.11. The predicted octanol–water partition coefficient (Wildman–Crippen LogP) is 4.04. The zero-order valence-electron chi connectivity index (χ0n) is 11.6. The third kappa shape index (κ3) is 2.83. The van der Waals surface area contributed by atoms with Crippen molar-refractivity contribution in [2.45, 2.75) is 77.7 Å². The second-order valence-corrected chi connectivity index (χ2v) is 5.92. The van der Waals surface area contributed by atoms with Gasteiger partial charge in [0.05, 0.1) is 17.1 Å². The molecule has 2 atom stereocenters. The van der Waals surface area contributed by atoms with Crippen molar-refractivity contribution in [3.63, 3.8) is 0 Å². The smallest absolute Gasteiger partial charge is 0.0860 e. The normalized spacial score (nSPS) is 26.1. The van der Waals surface area contributed by atoms with Gasteiger partial charge in [-0.3, -0.25) is 0 Å². The Hall–Kier alpha value is -0.550. The first-order valence-corrected chi connectivity index (χ1v) is 7.14. The Labute approximate surface area is 106 Å². The van der Waals surface area contributed by atoms with E-state index in [9.17, 15) is 10.4 Å². The molecule has 2 heteroatoms. The number of nitrogens with zero attached hydrogens (tertiary/aromatic N) is 1. The van der Waals surface area contributed by atoms with Crippen LogP contribution in [0.5, 0.6) is 0 Å². The fourth-order valence-electron chi connectivity index (χ4n) is 3.11. The summed E-state index contributed by atoms with van der Waals surface area (Å²) >= 11 is 0. The molecular formula is C15H27NO. The van der Waals surface area contributed by atoms with Crippen molar-refractivity contribution in [2.24, 2.45) is 11.3 Å². The van der Waals surface area contributed by atoms with Crippen LogP contribution < -0.4 is 0 Å². The summed E-state index contributed by atoms with van der Waals surface area (Å²) in [4.78, 5) is 0. The second-order valence-electron chi connectivity index (χ2n) is 5.92. The quantitative estimate of drug-likeness (QED) is 0.805. The van der Waals surface area contributed by atoms with Gasteiger partial charge in [-0.25, -0.2) is 0 Å². The summed E-state index contributed by atoms with van der Waals surface area (Å²) in [6.45, 7) is 6.04. The number of rotatable bonds is 3. The van der Waals surface area contributed by atoms with Crippen LogP contribution in [0.3, 0.4) is 0 Å². The van der Waals surface area contributed by atoms with Crippen molar-refractivity contribution < 1.29 is 5.11 Å². The Morgan fingerprint density at radius 1 is 1.24 bits per heavy atom. The van der Waals surface area contributed by atoms with Crippen LogP contribution in [-0.2, 0) is 0 Å². The minimum Gasteiger partial charge on any atom is -0.388 e. The zero-order valence-corrected chi connectivity index (χ0v) is 11.6. The molecular weight excluding hydrogens is 210 g/mol. The molecule has 1 saturated carbocycles. The van der Waals surface area contributed by atoms with Crippen molar-refractivity contribution in [3.8, 4) is 6.07 Å². The highest BCUT2D eigenvalue weighted by atomic mass is 16.3. The SMILES string of the molecule is CCC(C)C(C)(O)C1(C#N)CCCCCCC1. The Kier molecular flexibility index (Phi) is 5.01. The van der Waals surface area contributed by atoms with E-state index < -0.39 is 11.0 Å². The van der Waals surface area contributed by atoms with Gasteiger partial charge in [-0.1, -0.05) is 52.4 Å². The van der Waals surface area contributed by atoms with Gasteiger partial charge in [-0.2, -0.15) is 5.26 Å².